The summed E-state index contributed by atoms with van der Waals surface area (Å²) in [6, 6.07) is 14.0. The van der Waals surface area contributed by atoms with Gasteiger partial charge in [-0.2, -0.15) is 0 Å². The first-order chi connectivity index (χ1) is 13.2. The van der Waals surface area contributed by atoms with Crippen molar-refractivity contribution in [3.8, 4) is 11.4 Å². The maximum atomic E-state index is 12.4. The minimum atomic E-state index is -0.0295. The number of nitrogens with one attached hydrogen (secondary N) is 1. The molecule has 0 spiro atoms. The summed E-state index contributed by atoms with van der Waals surface area (Å²) in [4.78, 5) is 16.7. The fraction of sp³-hybridized carbons (Fsp3) is 0.238. The molecule has 1 N–H and O–H groups in total. The zero-order valence-electron chi connectivity index (χ0n) is 15.1. The number of anilines is 1. The lowest BCUT2D eigenvalue weighted by molar-refractivity contribution is -0.113. The quantitative estimate of drug-likeness (QED) is 0.655. The van der Waals surface area contributed by atoms with E-state index in [1.54, 1.807) is 13.3 Å². The highest BCUT2D eigenvalue weighted by molar-refractivity contribution is 7.99. The van der Waals surface area contributed by atoms with Gasteiger partial charge in [0.2, 0.25) is 5.91 Å². The zero-order chi connectivity index (χ0) is 18.6. The van der Waals surface area contributed by atoms with Gasteiger partial charge in [-0.25, -0.2) is 4.98 Å². The molecule has 0 saturated heterocycles. The maximum absolute atomic E-state index is 12.4. The zero-order valence-corrected chi connectivity index (χ0v) is 16.0. The number of benzene rings is 2. The number of hydrogen-bond donors (Lipinski definition) is 1. The van der Waals surface area contributed by atoms with E-state index in [1.807, 2.05) is 41.1 Å². The molecular formula is C21H21N3O2S. The van der Waals surface area contributed by atoms with E-state index in [2.05, 4.69) is 22.4 Å². The molecular weight excluding hydrogens is 358 g/mol. The van der Waals surface area contributed by atoms with E-state index >= 15 is 0 Å². The average Bonchev–Trinajstić information content (AvgIpc) is 3.35. The van der Waals surface area contributed by atoms with Gasteiger partial charge in [0.15, 0.2) is 5.16 Å². The molecule has 1 heterocycles. The van der Waals surface area contributed by atoms with Gasteiger partial charge in [-0.3, -0.25) is 9.36 Å². The second kappa shape index (κ2) is 7.88. The Morgan fingerprint density at radius 2 is 2.11 bits per heavy atom. The molecule has 1 amide bonds. The molecule has 4 rings (SSSR count). The Bertz CT molecular complexity index is 968. The summed E-state index contributed by atoms with van der Waals surface area (Å²) in [5.74, 6) is 1.06. The van der Waals surface area contributed by atoms with E-state index in [0.29, 0.717) is 5.75 Å². The summed E-state index contributed by atoms with van der Waals surface area (Å²) < 4.78 is 7.24. The van der Waals surface area contributed by atoms with Gasteiger partial charge in [-0.05, 0) is 54.7 Å². The van der Waals surface area contributed by atoms with Crippen molar-refractivity contribution in [2.45, 2.75) is 24.4 Å². The number of imidazole rings is 1. The Morgan fingerprint density at radius 3 is 3.00 bits per heavy atom. The molecule has 0 fully saturated rings. The van der Waals surface area contributed by atoms with E-state index in [9.17, 15) is 4.79 Å². The van der Waals surface area contributed by atoms with Crippen LogP contribution in [0.25, 0.3) is 5.69 Å². The topological polar surface area (TPSA) is 56.2 Å². The number of thioether (sulfide) groups is 1. The van der Waals surface area contributed by atoms with Crippen molar-refractivity contribution in [2.24, 2.45) is 0 Å². The highest BCUT2D eigenvalue weighted by Gasteiger charge is 2.13. The highest BCUT2D eigenvalue weighted by Crippen LogP contribution is 2.26. The molecule has 1 aliphatic carbocycles. The first kappa shape index (κ1) is 17.7. The van der Waals surface area contributed by atoms with Crippen LogP contribution in [-0.2, 0) is 17.6 Å². The maximum Gasteiger partial charge on any atom is 0.234 e. The SMILES string of the molecule is COc1cccc(-n2ccnc2SCC(=O)Nc2ccc3c(c2)CCC3)c1. The third kappa shape index (κ3) is 4.01. The Labute approximate surface area is 162 Å². The summed E-state index contributed by atoms with van der Waals surface area (Å²) in [7, 11) is 1.64. The van der Waals surface area contributed by atoms with Crippen LogP contribution in [0.3, 0.4) is 0 Å². The van der Waals surface area contributed by atoms with Crippen LogP contribution >= 0.6 is 11.8 Å². The van der Waals surface area contributed by atoms with Gasteiger partial charge in [-0.1, -0.05) is 23.9 Å². The van der Waals surface area contributed by atoms with E-state index < -0.39 is 0 Å². The summed E-state index contributed by atoms with van der Waals surface area (Å²) in [6.45, 7) is 0. The number of aromatic nitrogens is 2. The number of ether oxygens (including phenoxy) is 1. The van der Waals surface area contributed by atoms with E-state index in [-0.39, 0.29) is 5.91 Å². The highest BCUT2D eigenvalue weighted by atomic mass is 32.2. The molecule has 3 aromatic rings. The second-order valence-electron chi connectivity index (χ2n) is 6.46. The molecule has 1 aromatic heterocycles. The minimum absolute atomic E-state index is 0.0295. The van der Waals surface area contributed by atoms with E-state index in [0.717, 1.165) is 35.1 Å². The first-order valence-corrected chi connectivity index (χ1v) is 9.94. The number of rotatable bonds is 6. The van der Waals surface area contributed by atoms with Gasteiger partial charge in [-0.15, -0.1) is 0 Å². The number of fused-ring (bicyclic) bond motifs is 1. The third-order valence-corrected chi connectivity index (χ3v) is 5.62. The Morgan fingerprint density at radius 1 is 1.22 bits per heavy atom. The molecule has 6 heteroatoms. The smallest absolute Gasteiger partial charge is 0.234 e. The average molecular weight is 379 g/mol. The van der Waals surface area contributed by atoms with Crippen molar-refractivity contribution in [3.63, 3.8) is 0 Å². The predicted molar refractivity (Wildman–Crippen MR) is 108 cm³/mol. The summed E-state index contributed by atoms with van der Waals surface area (Å²) in [6.07, 6.45) is 7.07. The lowest BCUT2D eigenvalue weighted by atomic mass is 10.1. The summed E-state index contributed by atoms with van der Waals surface area (Å²) >= 11 is 1.41. The van der Waals surface area contributed by atoms with Crippen LogP contribution in [0.2, 0.25) is 0 Å². The molecule has 2 aromatic carbocycles. The number of carbonyl (C=O) groups is 1. The number of aryl methyl sites for hydroxylation is 2. The molecule has 1 aliphatic rings. The number of amides is 1. The molecule has 27 heavy (non-hydrogen) atoms. The van der Waals surface area contributed by atoms with Crippen LogP contribution in [-0.4, -0.2) is 28.3 Å². The van der Waals surface area contributed by atoms with Crippen molar-refractivity contribution in [1.82, 2.24) is 9.55 Å². The van der Waals surface area contributed by atoms with Gasteiger partial charge in [0.25, 0.3) is 0 Å². The predicted octanol–water partition coefficient (Wildman–Crippen LogP) is 4.10. The molecule has 0 saturated carbocycles. The fourth-order valence-corrected chi connectivity index (χ4v) is 4.10. The lowest BCUT2D eigenvalue weighted by Crippen LogP contribution is -2.14. The second-order valence-corrected chi connectivity index (χ2v) is 7.40. The van der Waals surface area contributed by atoms with Gasteiger partial charge < -0.3 is 10.1 Å². The van der Waals surface area contributed by atoms with Gasteiger partial charge >= 0.3 is 0 Å². The van der Waals surface area contributed by atoms with Gasteiger partial charge in [0, 0.05) is 24.1 Å². The standard InChI is InChI=1S/C21H21N3O2S/c1-26-19-7-3-6-18(13-19)24-11-10-22-21(24)27-14-20(25)23-17-9-8-15-4-2-5-16(15)12-17/h3,6-13H,2,4-5,14H2,1H3,(H,23,25). The molecule has 0 radical (unpaired) electrons. The van der Waals surface area contributed by atoms with Crippen molar-refractivity contribution < 1.29 is 9.53 Å². The van der Waals surface area contributed by atoms with Crippen LogP contribution in [0.15, 0.2) is 60.0 Å². The largest absolute Gasteiger partial charge is 0.497 e. The Hall–Kier alpha value is -2.73. The molecule has 0 atom stereocenters. The van der Waals surface area contributed by atoms with Crippen molar-refractivity contribution in [3.05, 3.63) is 66.0 Å². The molecule has 5 nitrogen and oxygen atoms in total. The number of hydrogen-bond acceptors (Lipinski definition) is 4. The van der Waals surface area contributed by atoms with Crippen molar-refractivity contribution in [1.29, 1.82) is 0 Å². The van der Waals surface area contributed by atoms with Crippen LogP contribution < -0.4 is 10.1 Å². The summed E-state index contributed by atoms with van der Waals surface area (Å²) in [5.41, 5.74) is 4.59. The third-order valence-electron chi connectivity index (χ3n) is 4.65. The number of methoxy groups -OCH3 is 1. The van der Waals surface area contributed by atoms with E-state index in [1.165, 1.54) is 29.3 Å². The van der Waals surface area contributed by atoms with Crippen molar-refractivity contribution in [2.75, 3.05) is 18.2 Å². The van der Waals surface area contributed by atoms with Crippen molar-refractivity contribution >= 4 is 23.4 Å². The van der Waals surface area contributed by atoms with Crippen LogP contribution in [0.1, 0.15) is 17.5 Å². The monoisotopic (exact) mass is 379 g/mol. The first-order valence-electron chi connectivity index (χ1n) is 8.95. The van der Waals surface area contributed by atoms with Crippen LogP contribution in [0.5, 0.6) is 5.75 Å². The van der Waals surface area contributed by atoms with Crippen LogP contribution in [0.4, 0.5) is 5.69 Å². The minimum Gasteiger partial charge on any atom is -0.497 e. The summed E-state index contributed by atoms with van der Waals surface area (Å²) in [5, 5.41) is 3.77. The fourth-order valence-electron chi connectivity index (χ4n) is 3.33. The normalized spacial score (nSPS) is 12.6. The van der Waals surface area contributed by atoms with Crippen LogP contribution in [0, 0.1) is 0 Å². The lowest BCUT2D eigenvalue weighted by Gasteiger charge is -2.10. The Balaban J connectivity index is 1.40. The molecule has 0 unspecified atom stereocenters. The van der Waals surface area contributed by atoms with E-state index in [4.69, 9.17) is 4.74 Å². The molecule has 138 valence electrons. The van der Waals surface area contributed by atoms with Gasteiger partial charge in [0.05, 0.1) is 18.6 Å². The molecule has 0 aliphatic heterocycles. The number of carbonyl (C=O) groups excluding carboxylic acids is 1. The number of nitrogens with zero attached hydrogens (tertiary/aromatic N) is 2. The Kier molecular flexibility index (Phi) is 5.16. The van der Waals surface area contributed by atoms with Gasteiger partial charge in [0.1, 0.15) is 5.75 Å². The molecule has 0 bridgehead atoms.